The Labute approximate surface area is 182 Å². The van der Waals surface area contributed by atoms with Crippen LogP contribution in [0, 0.1) is 0 Å². The molecule has 0 bridgehead atoms. The van der Waals surface area contributed by atoms with E-state index in [1.165, 1.54) is 5.56 Å². The highest BCUT2D eigenvalue weighted by Gasteiger charge is 2.22. The molecule has 0 heterocycles. The standard InChI is InChI=1S/C26H25NO4/c28-25(27-23-15-8-12-20-11-4-5-13-21(20)23)18-31-26(29)22-14-6-7-16-24(22)30-17-19-9-2-1-3-10-19/h1-7,9-11,13-14,16,23H,8,12,15,17-18H2,(H,27,28). The van der Waals surface area contributed by atoms with Gasteiger partial charge in [-0.2, -0.15) is 0 Å². The Bertz CT molecular complexity index is 1050. The number of ether oxygens (including phenoxy) is 2. The van der Waals surface area contributed by atoms with E-state index in [-0.39, 0.29) is 18.6 Å². The SMILES string of the molecule is O=C(COC(=O)c1ccccc1OCc1ccccc1)NC1CCCc2ccccc21. The van der Waals surface area contributed by atoms with E-state index in [2.05, 4.69) is 11.4 Å². The summed E-state index contributed by atoms with van der Waals surface area (Å²) in [4.78, 5) is 25.0. The summed E-state index contributed by atoms with van der Waals surface area (Å²) in [5, 5.41) is 3.00. The Morgan fingerprint density at radius 2 is 1.65 bits per heavy atom. The van der Waals surface area contributed by atoms with Crippen LogP contribution in [-0.2, 0) is 22.6 Å². The molecule has 0 fully saturated rings. The zero-order chi connectivity index (χ0) is 21.5. The largest absolute Gasteiger partial charge is 0.488 e. The van der Waals surface area contributed by atoms with Crippen LogP contribution in [0.4, 0.5) is 0 Å². The summed E-state index contributed by atoms with van der Waals surface area (Å²) in [6.07, 6.45) is 2.93. The second-order valence-electron chi connectivity index (χ2n) is 7.56. The molecule has 1 atom stereocenters. The number of fused-ring (bicyclic) bond motifs is 1. The summed E-state index contributed by atoms with van der Waals surface area (Å²) in [7, 11) is 0. The van der Waals surface area contributed by atoms with Gasteiger partial charge >= 0.3 is 5.97 Å². The van der Waals surface area contributed by atoms with Crippen LogP contribution in [0.5, 0.6) is 5.75 Å². The summed E-state index contributed by atoms with van der Waals surface area (Å²) in [6, 6.07) is 24.7. The first kappa shape index (κ1) is 20.7. The predicted molar refractivity (Wildman–Crippen MR) is 118 cm³/mol. The Morgan fingerprint density at radius 1 is 0.903 bits per heavy atom. The van der Waals surface area contributed by atoms with E-state index >= 15 is 0 Å². The average molecular weight is 415 g/mol. The molecule has 0 aromatic heterocycles. The molecule has 1 N–H and O–H groups in total. The lowest BCUT2D eigenvalue weighted by molar-refractivity contribution is -0.125. The number of amides is 1. The van der Waals surface area contributed by atoms with E-state index in [9.17, 15) is 9.59 Å². The second kappa shape index (κ2) is 9.94. The maximum Gasteiger partial charge on any atom is 0.342 e. The fraction of sp³-hybridized carbons (Fsp3) is 0.231. The van der Waals surface area contributed by atoms with Crippen LogP contribution in [0.1, 0.15) is 45.9 Å². The summed E-state index contributed by atoms with van der Waals surface area (Å²) in [5.74, 6) is -0.460. The molecule has 0 saturated heterocycles. The first-order valence-corrected chi connectivity index (χ1v) is 10.5. The first-order chi connectivity index (χ1) is 15.2. The number of aryl methyl sites for hydroxylation is 1. The lowest BCUT2D eigenvalue weighted by Crippen LogP contribution is -2.34. The van der Waals surface area contributed by atoms with Gasteiger partial charge in [0, 0.05) is 0 Å². The molecule has 0 spiro atoms. The number of para-hydroxylation sites is 1. The van der Waals surface area contributed by atoms with Crippen molar-refractivity contribution in [2.24, 2.45) is 0 Å². The van der Waals surface area contributed by atoms with Gasteiger partial charge < -0.3 is 14.8 Å². The number of hydrogen-bond acceptors (Lipinski definition) is 4. The first-order valence-electron chi connectivity index (χ1n) is 10.5. The molecule has 0 radical (unpaired) electrons. The van der Waals surface area contributed by atoms with Crippen LogP contribution < -0.4 is 10.1 Å². The molecule has 31 heavy (non-hydrogen) atoms. The number of carbonyl (C=O) groups excluding carboxylic acids is 2. The molecule has 4 rings (SSSR count). The Kier molecular flexibility index (Phi) is 6.62. The van der Waals surface area contributed by atoms with Gasteiger partial charge in [0.2, 0.25) is 0 Å². The van der Waals surface area contributed by atoms with E-state index in [0.29, 0.717) is 17.9 Å². The van der Waals surface area contributed by atoms with Crippen molar-refractivity contribution in [3.8, 4) is 5.75 Å². The molecule has 3 aromatic carbocycles. The highest BCUT2D eigenvalue weighted by Crippen LogP contribution is 2.29. The van der Waals surface area contributed by atoms with Gasteiger partial charge in [-0.1, -0.05) is 66.7 Å². The highest BCUT2D eigenvalue weighted by atomic mass is 16.5. The monoisotopic (exact) mass is 415 g/mol. The van der Waals surface area contributed by atoms with Crippen molar-refractivity contribution in [1.29, 1.82) is 0 Å². The number of esters is 1. The van der Waals surface area contributed by atoms with Crippen LogP contribution in [0.3, 0.4) is 0 Å². The van der Waals surface area contributed by atoms with Gasteiger partial charge in [0.1, 0.15) is 17.9 Å². The number of nitrogens with one attached hydrogen (secondary N) is 1. The van der Waals surface area contributed by atoms with E-state index in [1.54, 1.807) is 24.3 Å². The normalized spacial score (nSPS) is 14.9. The summed E-state index contributed by atoms with van der Waals surface area (Å²) >= 11 is 0. The maximum atomic E-state index is 12.6. The van der Waals surface area contributed by atoms with Gasteiger partial charge in [-0.05, 0) is 48.1 Å². The molecule has 0 saturated carbocycles. The smallest absolute Gasteiger partial charge is 0.342 e. The number of carbonyl (C=O) groups is 2. The molecular weight excluding hydrogens is 390 g/mol. The van der Waals surface area contributed by atoms with Crippen LogP contribution in [-0.4, -0.2) is 18.5 Å². The topological polar surface area (TPSA) is 64.6 Å². The van der Waals surface area contributed by atoms with Crippen molar-refractivity contribution < 1.29 is 19.1 Å². The van der Waals surface area contributed by atoms with Gasteiger partial charge in [-0.15, -0.1) is 0 Å². The maximum absolute atomic E-state index is 12.6. The Balaban J connectivity index is 1.33. The minimum Gasteiger partial charge on any atom is -0.488 e. The third kappa shape index (κ3) is 5.31. The quantitative estimate of drug-likeness (QED) is 0.572. The van der Waals surface area contributed by atoms with Crippen molar-refractivity contribution in [2.45, 2.75) is 31.9 Å². The van der Waals surface area contributed by atoms with Crippen molar-refractivity contribution in [3.63, 3.8) is 0 Å². The van der Waals surface area contributed by atoms with Gasteiger partial charge in [-0.25, -0.2) is 4.79 Å². The minimum atomic E-state index is -0.581. The number of benzene rings is 3. The molecule has 0 aliphatic heterocycles. The molecule has 1 unspecified atom stereocenters. The Morgan fingerprint density at radius 3 is 2.52 bits per heavy atom. The third-order valence-corrected chi connectivity index (χ3v) is 5.38. The van der Waals surface area contributed by atoms with E-state index in [4.69, 9.17) is 9.47 Å². The predicted octanol–water partition coefficient (Wildman–Crippen LogP) is 4.62. The zero-order valence-corrected chi connectivity index (χ0v) is 17.3. The van der Waals surface area contributed by atoms with Gasteiger partial charge in [-0.3, -0.25) is 4.79 Å². The summed E-state index contributed by atoms with van der Waals surface area (Å²) in [5.41, 5.74) is 3.71. The van der Waals surface area contributed by atoms with Crippen LogP contribution in [0.2, 0.25) is 0 Å². The van der Waals surface area contributed by atoms with Crippen LogP contribution >= 0.6 is 0 Å². The van der Waals surface area contributed by atoms with E-state index in [1.807, 2.05) is 48.5 Å². The lowest BCUT2D eigenvalue weighted by atomic mass is 9.88. The van der Waals surface area contributed by atoms with Crippen molar-refractivity contribution in [2.75, 3.05) is 6.61 Å². The molecule has 5 heteroatoms. The Hall–Kier alpha value is -3.60. The second-order valence-corrected chi connectivity index (χ2v) is 7.56. The summed E-state index contributed by atoms with van der Waals surface area (Å²) < 4.78 is 11.1. The molecule has 3 aromatic rings. The van der Waals surface area contributed by atoms with Crippen LogP contribution in [0.25, 0.3) is 0 Å². The lowest BCUT2D eigenvalue weighted by Gasteiger charge is -2.26. The highest BCUT2D eigenvalue weighted by molar-refractivity contribution is 5.94. The molecule has 1 aliphatic rings. The van der Waals surface area contributed by atoms with Crippen molar-refractivity contribution in [3.05, 3.63) is 101 Å². The molecular formula is C26H25NO4. The average Bonchev–Trinajstić information content (AvgIpc) is 2.82. The van der Waals surface area contributed by atoms with E-state index < -0.39 is 5.97 Å². The van der Waals surface area contributed by atoms with Crippen molar-refractivity contribution >= 4 is 11.9 Å². The zero-order valence-electron chi connectivity index (χ0n) is 17.3. The number of rotatable bonds is 7. The molecule has 1 amide bonds. The summed E-state index contributed by atoms with van der Waals surface area (Å²) in [6.45, 7) is 0.0111. The van der Waals surface area contributed by atoms with Gasteiger partial charge in [0.25, 0.3) is 5.91 Å². The minimum absolute atomic E-state index is 0.0438. The fourth-order valence-corrected chi connectivity index (χ4v) is 3.85. The van der Waals surface area contributed by atoms with Gasteiger partial charge in [0.15, 0.2) is 6.61 Å². The fourth-order valence-electron chi connectivity index (χ4n) is 3.85. The molecule has 158 valence electrons. The number of hydrogen-bond donors (Lipinski definition) is 1. The molecule has 1 aliphatic carbocycles. The van der Waals surface area contributed by atoms with Crippen LogP contribution in [0.15, 0.2) is 78.9 Å². The van der Waals surface area contributed by atoms with Gasteiger partial charge in [0.05, 0.1) is 6.04 Å². The third-order valence-electron chi connectivity index (χ3n) is 5.38. The van der Waals surface area contributed by atoms with Crippen molar-refractivity contribution in [1.82, 2.24) is 5.32 Å². The molecule has 5 nitrogen and oxygen atoms in total. The van der Waals surface area contributed by atoms with E-state index in [0.717, 1.165) is 30.4 Å².